The van der Waals surface area contributed by atoms with Crippen LogP contribution in [0.5, 0.6) is 5.75 Å². The van der Waals surface area contributed by atoms with Crippen LogP contribution < -0.4 is 15.4 Å². The van der Waals surface area contributed by atoms with Gasteiger partial charge in [-0.2, -0.15) is 0 Å². The smallest absolute Gasteiger partial charge is 0.191 e. The second kappa shape index (κ2) is 8.96. The fourth-order valence-electron chi connectivity index (χ4n) is 2.64. The van der Waals surface area contributed by atoms with Gasteiger partial charge < -0.3 is 15.4 Å². The third-order valence-corrected chi connectivity index (χ3v) is 4.00. The van der Waals surface area contributed by atoms with Gasteiger partial charge in [0.25, 0.3) is 0 Å². The van der Waals surface area contributed by atoms with Gasteiger partial charge >= 0.3 is 0 Å². The van der Waals surface area contributed by atoms with Crippen molar-refractivity contribution in [1.29, 1.82) is 0 Å². The number of rotatable bonds is 6. The molecule has 0 saturated carbocycles. The van der Waals surface area contributed by atoms with Crippen molar-refractivity contribution in [2.45, 2.75) is 26.3 Å². The summed E-state index contributed by atoms with van der Waals surface area (Å²) in [7, 11) is 3.50. The predicted molar refractivity (Wildman–Crippen MR) is 101 cm³/mol. The molecular weight excluding hydrogens is 298 g/mol. The lowest BCUT2D eigenvalue weighted by Crippen LogP contribution is -2.39. The summed E-state index contributed by atoms with van der Waals surface area (Å²) in [5.41, 5.74) is 3.68. The summed E-state index contributed by atoms with van der Waals surface area (Å²) in [6, 6.07) is 16.8. The van der Waals surface area contributed by atoms with Gasteiger partial charge in [0.15, 0.2) is 5.96 Å². The zero-order valence-corrected chi connectivity index (χ0v) is 15.0. The quantitative estimate of drug-likeness (QED) is 0.631. The second-order valence-electron chi connectivity index (χ2n) is 5.84. The first-order valence-corrected chi connectivity index (χ1v) is 8.29. The van der Waals surface area contributed by atoms with E-state index in [1.165, 1.54) is 16.7 Å². The third-order valence-electron chi connectivity index (χ3n) is 4.00. The molecule has 0 aliphatic heterocycles. The third kappa shape index (κ3) is 5.01. The molecule has 0 bridgehead atoms. The summed E-state index contributed by atoms with van der Waals surface area (Å²) in [4.78, 5) is 4.31. The number of hydrogen-bond donors (Lipinski definition) is 2. The van der Waals surface area contributed by atoms with Gasteiger partial charge in [-0.1, -0.05) is 48.0 Å². The van der Waals surface area contributed by atoms with E-state index >= 15 is 0 Å². The minimum absolute atomic E-state index is 0.200. The van der Waals surface area contributed by atoms with Crippen LogP contribution in [0.1, 0.15) is 29.7 Å². The highest BCUT2D eigenvalue weighted by Gasteiger charge is 2.08. The van der Waals surface area contributed by atoms with Gasteiger partial charge in [-0.05, 0) is 37.5 Å². The van der Waals surface area contributed by atoms with Crippen LogP contribution in [0.15, 0.2) is 53.5 Å². The van der Waals surface area contributed by atoms with E-state index in [9.17, 15) is 0 Å². The molecule has 0 aliphatic carbocycles. The molecule has 0 aliphatic rings. The Hall–Kier alpha value is -2.49. The number of aliphatic imine (C=N–C) groups is 1. The molecule has 0 fully saturated rings. The van der Waals surface area contributed by atoms with Crippen molar-refractivity contribution in [3.05, 3.63) is 65.2 Å². The predicted octanol–water partition coefficient (Wildman–Crippen LogP) is 3.47. The molecule has 0 amide bonds. The molecule has 0 aromatic heterocycles. The van der Waals surface area contributed by atoms with E-state index in [0.29, 0.717) is 0 Å². The molecule has 0 heterocycles. The van der Waals surface area contributed by atoms with Crippen molar-refractivity contribution < 1.29 is 4.74 Å². The summed E-state index contributed by atoms with van der Waals surface area (Å²) in [5.74, 6) is 1.74. The number of ether oxygens (including phenoxy) is 1. The molecule has 4 nitrogen and oxygen atoms in total. The zero-order chi connectivity index (χ0) is 17.4. The van der Waals surface area contributed by atoms with Crippen LogP contribution in [-0.2, 0) is 6.42 Å². The molecule has 0 spiro atoms. The highest BCUT2D eigenvalue weighted by Crippen LogP contribution is 2.19. The molecule has 2 aromatic rings. The maximum absolute atomic E-state index is 5.43. The molecule has 0 radical (unpaired) electrons. The van der Waals surface area contributed by atoms with Gasteiger partial charge in [0.2, 0.25) is 0 Å². The Labute approximate surface area is 145 Å². The van der Waals surface area contributed by atoms with E-state index in [0.717, 1.165) is 24.7 Å². The molecule has 1 unspecified atom stereocenters. The molecule has 2 rings (SSSR count). The number of nitrogens with one attached hydrogen (secondary N) is 2. The average Bonchev–Trinajstić information content (AvgIpc) is 2.61. The summed E-state index contributed by atoms with van der Waals surface area (Å²) in [5, 5.41) is 6.79. The highest BCUT2D eigenvalue weighted by atomic mass is 16.5. The topological polar surface area (TPSA) is 45.7 Å². The van der Waals surface area contributed by atoms with E-state index in [-0.39, 0.29) is 6.04 Å². The number of benzene rings is 2. The van der Waals surface area contributed by atoms with Crippen molar-refractivity contribution in [2.24, 2.45) is 4.99 Å². The van der Waals surface area contributed by atoms with E-state index < -0.39 is 0 Å². The number of guanidine groups is 1. The first-order chi connectivity index (χ1) is 11.6. The molecular formula is C20H27N3O. The molecule has 2 N–H and O–H groups in total. The molecule has 4 heteroatoms. The van der Waals surface area contributed by atoms with Gasteiger partial charge in [0.05, 0.1) is 13.2 Å². The minimum atomic E-state index is 0.200. The van der Waals surface area contributed by atoms with Gasteiger partial charge in [0, 0.05) is 13.6 Å². The Kier molecular flexibility index (Phi) is 6.67. The van der Waals surface area contributed by atoms with E-state index in [1.807, 2.05) is 24.3 Å². The lowest BCUT2D eigenvalue weighted by Gasteiger charge is -2.18. The first-order valence-electron chi connectivity index (χ1n) is 8.29. The second-order valence-corrected chi connectivity index (χ2v) is 5.84. The summed E-state index contributed by atoms with van der Waals surface area (Å²) in [6.45, 7) is 5.02. The molecule has 2 aromatic carbocycles. The van der Waals surface area contributed by atoms with E-state index in [1.54, 1.807) is 14.2 Å². The Morgan fingerprint density at radius 1 is 1.17 bits per heavy atom. The molecule has 1 atom stereocenters. The molecule has 0 saturated heterocycles. The van der Waals surface area contributed by atoms with Crippen LogP contribution in [0, 0.1) is 6.92 Å². The normalized spacial score (nSPS) is 12.6. The standard InChI is InChI=1S/C20H27N3O/c1-15-10-11-19(24-4)18(14-15)12-13-22-20(21-3)23-16(2)17-8-6-5-7-9-17/h5-11,14,16H,12-13H2,1-4H3,(H2,21,22,23). The fourth-order valence-corrected chi connectivity index (χ4v) is 2.64. The summed E-state index contributed by atoms with van der Waals surface area (Å²) >= 11 is 0. The fraction of sp³-hybridized carbons (Fsp3) is 0.350. The largest absolute Gasteiger partial charge is 0.496 e. The average molecular weight is 325 g/mol. The monoisotopic (exact) mass is 325 g/mol. The SMILES string of the molecule is CN=C(NCCc1cc(C)ccc1OC)NC(C)c1ccccc1. The highest BCUT2D eigenvalue weighted by molar-refractivity contribution is 5.80. The van der Waals surface area contributed by atoms with Crippen LogP contribution in [0.25, 0.3) is 0 Å². The Balaban J connectivity index is 1.89. The van der Waals surface area contributed by atoms with Crippen LogP contribution in [0.2, 0.25) is 0 Å². The van der Waals surface area contributed by atoms with Crippen LogP contribution in [-0.4, -0.2) is 26.7 Å². The Morgan fingerprint density at radius 3 is 2.58 bits per heavy atom. The van der Waals surface area contributed by atoms with Gasteiger partial charge in [-0.25, -0.2) is 0 Å². The van der Waals surface area contributed by atoms with E-state index in [2.05, 4.69) is 53.7 Å². The van der Waals surface area contributed by atoms with Crippen LogP contribution >= 0.6 is 0 Å². The summed E-state index contributed by atoms with van der Waals surface area (Å²) < 4.78 is 5.43. The van der Waals surface area contributed by atoms with Crippen molar-refractivity contribution in [3.63, 3.8) is 0 Å². The summed E-state index contributed by atoms with van der Waals surface area (Å²) in [6.07, 6.45) is 0.880. The van der Waals surface area contributed by atoms with Crippen molar-refractivity contribution >= 4 is 5.96 Å². The van der Waals surface area contributed by atoms with Crippen LogP contribution in [0.3, 0.4) is 0 Å². The van der Waals surface area contributed by atoms with Crippen molar-refractivity contribution in [2.75, 3.05) is 20.7 Å². The Morgan fingerprint density at radius 2 is 1.92 bits per heavy atom. The van der Waals surface area contributed by atoms with E-state index in [4.69, 9.17) is 4.74 Å². The lowest BCUT2D eigenvalue weighted by atomic mass is 10.1. The minimum Gasteiger partial charge on any atom is -0.496 e. The van der Waals surface area contributed by atoms with Crippen molar-refractivity contribution in [3.8, 4) is 5.75 Å². The molecule has 24 heavy (non-hydrogen) atoms. The number of nitrogens with zero attached hydrogens (tertiary/aromatic N) is 1. The van der Waals surface area contributed by atoms with Gasteiger partial charge in [-0.3, -0.25) is 4.99 Å². The van der Waals surface area contributed by atoms with Gasteiger partial charge in [-0.15, -0.1) is 0 Å². The maximum Gasteiger partial charge on any atom is 0.191 e. The maximum atomic E-state index is 5.43. The van der Waals surface area contributed by atoms with Crippen molar-refractivity contribution in [1.82, 2.24) is 10.6 Å². The Bertz CT molecular complexity index is 668. The van der Waals surface area contributed by atoms with Gasteiger partial charge in [0.1, 0.15) is 5.75 Å². The zero-order valence-electron chi connectivity index (χ0n) is 15.0. The lowest BCUT2D eigenvalue weighted by molar-refractivity contribution is 0.409. The number of methoxy groups -OCH3 is 1. The number of hydrogen-bond acceptors (Lipinski definition) is 2. The van der Waals surface area contributed by atoms with Crippen LogP contribution in [0.4, 0.5) is 0 Å². The first kappa shape index (κ1) is 17.9. The number of aryl methyl sites for hydroxylation is 1. The molecule has 128 valence electrons.